The van der Waals surface area contributed by atoms with Crippen LogP contribution in [0.15, 0.2) is 0 Å². The zero-order valence-electron chi connectivity index (χ0n) is 9.32. The van der Waals surface area contributed by atoms with Crippen molar-refractivity contribution in [1.82, 2.24) is 0 Å². The van der Waals surface area contributed by atoms with Crippen LogP contribution < -0.4 is 5.73 Å². The molecule has 2 rings (SSSR count). The van der Waals surface area contributed by atoms with E-state index in [1.807, 2.05) is 0 Å². The highest BCUT2D eigenvalue weighted by molar-refractivity contribution is 5.25. The maximum absolute atomic E-state index is 12.8. The molecule has 2 aliphatic rings. The second-order valence-electron chi connectivity index (χ2n) is 6.32. The molecule has 0 aromatic rings. The third-order valence-electron chi connectivity index (χ3n) is 4.77. The van der Waals surface area contributed by atoms with Crippen molar-refractivity contribution in [3.05, 3.63) is 0 Å². The van der Waals surface area contributed by atoms with E-state index in [1.54, 1.807) is 0 Å². The topological polar surface area (TPSA) is 26.0 Å². The molecule has 0 atom stereocenters. The minimum Gasteiger partial charge on any atom is -0.324 e. The van der Waals surface area contributed by atoms with Gasteiger partial charge in [-0.3, -0.25) is 0 Å². The SMILES string of the molecule is CC1(C)C(C2(N)CC(F)(F)C2)C1(C)C. The van der Waals surface area contributed by atoms with E-state index in [0.717, 1.165) is 0 Å². The molecule has 0 amide bonds. The van der Waals surface area contributed by atoms with Gasteiger partial charge in [-0.1, -0.05) is 27.7 Å². The Bertz CT molecular complexity index is 259. The molecule has 0 heterocycles. The first-order valence-corrected chi connectivity index (χ1v) is 5.20. The molecule has 0 bridgehead atoms. The van der Waals surface area contributed by atoms with E-state index in [4.69, 9.17) is 5.73 Å². The van der Waals surface area contributed by atoms with Crippen LogP contribution in [0.1, 0.15) is 40.5 Å². The second-order valence-corrected chi connectivity index (χ2v) is 6.32. The number of halogens is 2. The lowest BCUT2D eigenvalue weighted by Gasteiger charge is -2.46. The predicted octanol–water partition coefficient (Wildman–Crippen LogP) is 2.80. The van der Waals surface area contributed by atoms with Gasteiger partial charge >= 0.3 is 0 Å². The Hall–Kier alpha value is -0.180. The van der Waals surface area contributed by atoms with Crippen molar-refractivity contribution >= 4 is 0 Å². The third kappa shape index (κ3) is 1.02. The molecule has 0 aromatic heterocycles. The minimum absolute atomic E-state index is 0.109. The van der Waals surface area contributed by atoms with Gasteiger partial charge in [-0.15, -0.1) is 0 Å². The normalized spacial score (nSPS) is 36.2. The van der Waals surface area contributed by atoms with Crippen molar-refractivity contribution in [3.8, 4) is 0 Å². The highest BCUT2D eigenvalue weighted by Crippen LogP contribution is 2.75. The Morgan fingerprint density at radius 2 is 1.36 bits per heavy atom. The molecule has 0 radical (unpaired) electrons. The van der Waals surface area contributed by atoms with Gasteiger partial charge in [0.25, 0.3) is 5.92 Å². The quantitative estimate of drug-likeness (QED) is 0.696. The molecule has 0 aromatic carbocycles. The predicted molar refractivity (Wildman–Crippen MR) is 52.2 cm³/mol. The molecule has 2 saturated carbocycles. The molecule has 1 nitrogen and oxygen atoms in total. The molecule has 3 heteroatoms. The van der Waals surface area contributed by atoms with E-state index in [2.05, 4.69) is 27.7 Å². The van der Waals surface area contributed by atoms with Crippen LogP contribution in [0.3, 0.4) is 0 Å². The molecule has 14 heavy (non-hydrogen) atoms. The lowest BCUT2D eigenvalue weighted by atomic mass is 9.68. The summed E-state index contributed by atoms with van der Waals surface area (Å²) < 4.78 is 25.7. The third-order valence-corrected chi connectivity index (χ3v) is 4.77. The molecule has 0 unspecified atom stereocenters. The number of hydrogen-bond acceptors (Lipinski definition) is 1. The standard InChI is InChI=1S/C11H19F2N/c1-8(2)7(9(8,3)4)10(14)5-11(12,13)6-10/h7H,5-6,14H2,1-4H3. The van der Waals surface area contributed by atoms with E-state index in [9.17, 15) is 8.78 Å². The van der Waals surface area contributed by atoms with Gasteiger partial charge in [0, 0.05) is 18.4 Å². The van der Waals surface area contributed by atoms with E-state index in [0.29, 0.717) is 0 Å². The molecule has 0 spiro atoms. The maximum atomic E-state index is 12.8. The van der Waals surface area contributed by atoms with Gasteiger partial charge in [-0.05, 0) is 16.7 Å². The summed E-state index contributed by atoms with van der Waals surface area (Å²) in [6.07, 6.45) is -0.255. The van der Waals surface area contributed by atoms with Crippen molar-refractivity contribution in [2.75, 3.05) is 0 Å². The Morgan fingerprint density at radius 3 is 1.57 bits per heavy atom. The molecule has 2 aliphatic carbocycles. The summed E-state index contributed by atoms with van der Waals surface area (Å²) in [7, 11) is 0. The average molecular weight is 203 g/mol. The van der Waals surface area contributed by atoms with Gasteiger partial charge in [0.15, 0.2) is 0 Å². The van der Waals surface area contributed by atoms with Crippen molar-refractivity contribution in [2.45, 2.75) is 52.0 Å². The zero-order chi connectivity index (χ0) is 11.0. The molecule has 0 aliphatic heterocycles. The van der Waals surface area contributed by atoms with Crippen LogP contribution in [0.25, 0.3) is 0 Å². The van der Waals surface area contributed by atoms with Crippen LogP contribution in [-0.2, 0) is 0 Å². The number of rotatable bonds is 1. The highest BCUT2D eigenvalue weighted by atomic mass is 19.3. The summed E-state index contributed by atoms with van der Waals surface area (Å²) in [6.45, 7) is 8.51. The second kappa shape index (κ2) is 2.16. The van der Waals surface area contributed by atoms with E-state index >= 15 is 0 Å². The van der Waals surface area contributed by atoms with Gasteiger partial charge in [0.05, 0.1) is 0 Å². The fourth-order valence-electron chi connectivity index (χ4n) is 3.75. The van der Waals surface area contributed by atoms with Gasteiger partial charge < -0.3 is 5.73 Å². The van der Waals surface area contributed by atoms with Gasteiger partial charge in [-0.25, -0.2) is 8.78 Å². The largest absolute Gasteiger partial charge is 0.324 e. The highest BCUT2D eigenvalue weighted by Gasteiger charge is 2.75. The Morgan fingerprint density at radius 1 is 1.00 bits per heavy atom. The van der Waals surface area contributed by atoms with Gasteiger partial charge in [0.2, 0.25) is 0 Å². The summed E-state index contributed by atoms with van der Waals surface area (Å²) in [5, 5.41) is 0. The minimum atomic E-state index is -2.51. The van der Waals surface area contributed by atoms with Crippen LogP contribution in [0.5, 0.6) is 0 Å². The van der Waals surface area contributed by atoms with Gasteiger partial charge in [0.1, 0.15) is 0 Å². The molecular weight excluding hydrogens is 184 g/mol. The summed E-state index contributed by atoms with van der Waals surface area (Å²) >= 11 is 0. The lowest BCUT2D eigenvalue weighted by molar-refractivity contribution is -0.133. The first-order valence-electron chi connectivity index (χ1n) is 5.20. The fraction of sp³-hybridized carbons (Fsp3) is 1.00. The number of hydrogen-bond donors (Lipinski definition) is 1. The average Bonchev–Trinajstić information content (AvgIpc) is 2.17. The van der Waals surface area contributed by atoms with Crippen molar-refractivity contribution in [2.24, 2.45) is 22.5 Å². The first kappa shape index (κ1) is 10.3. The van der Waals surface area contributed by atoms with Crippen LogP contribution in [0, 0.1) is 16.7 Å². The first-order chi connectivity index (χ1) is 6.03. The molecule has 2 fully saturated rings. The fourth-order valence-corrected chi connectivity index (χ4v) is 3.75. The summed E-state index contributed by atoms with van der Waals surface area (Å²) in [4.78, 5) is 0. The Labute approximate surface area is 84.0 Å². The Kier molecular flexibility index (Phi) is 1.59. The smallest absolute Gasteiger partial charge is 0.251 e. The van der Waals surface area contributed by atoms with Crippen LogP contribution in [-0.4, -0.2) is 11.5 Å². The molecular formula is C11H19F2N. The van der Waals surface area contributed by atoms with Crippen LogP contribution in [0.4, 0.5) is 8.78 Å². The van der Waals surface area contributed by atoms with Crippen molar-refractivity contribution in [3.63, 3.8) is 0 Å². The van der Waals surface area contributed by atoms with Crippen LogP contribution in [0.2, 0.25) is 0 Å². The molecule has 2 N–H and O–H groups in total. The Balaban J connectivity index is 2.14. The van der Waals surface area contributed by atoms with E-state index < -0.39 is 11.5 Å². The summed E-state index contributed by atoms with van der Waals surface area (Å²) in [6, 6.07) is 0. The lowest BCUT2D eigenvalue weighted by Crippen LogP contribution is -2.60. The van der Waals surface area contributed by atoms with E-state index in [1.165, 1.54) is 0 Å². The van der Waals surface area contributed by atoms with Crippen molar-refractivity contribution < 1.29 is 8.78 Å². The monoisotopic (exact) mass is 203 g/mol. The maximum Gasteiger partial charge on any atom is 0.251 e. The van der Waals surface area contributed by atoms with E-state index in [-0.39, 0.29) is 29.6 Å². The van der Waals surface area contributed by atoms with Crippen LogP contribution >= 0.6 is 0 Å². The molecule has 0 saturated heterocycles. The van der Waals surface area contributed by atoms with Crippen molar-refractivity contribution in [1.29, 1.82) is 0 Å². The molecule has 82 valence electrons. The summed E-state index contributed by atoms with van der Waals surface area (Å²) in [5.74, 6) is -2.27. The number of alkyl halides is 2. The summed E-state index contributed by atoms with van der Waals surface area (Å²) in [5.41, 5.74) is 5.66. The number of nitrogens with two attached hydrogens (primary N) is 1. The zero-order valence-corrected chi connectivity index (χ0v) is 9.32. The van der Waals surface area contributed by atoms with Gasteiger partial charge in [-0.2, -0.15) is 0 Å².